The summed E-state index contributed by atoms with van der Waals surface area (Å²) in [5.41, 5.74) is 0. The Morgan fingerprint density at radius 1 is 1.73 bits per heavy atom. The molecule has 1 unspecified atom stereocenters. The number of Topliss-reactive ketones (excluding diaryl/α,β-unsaturated/α-hetero) is 1. The Morgan fingerprint density at radius 3 is 2.91 bits per heavy atom. The Bertz CT molecular complexity index is 160. The number of ketones is 1. The van der Waals surface area contributed by atoms with Gasteiger partial charge in [0.25, 0.3) is 0 Å². The van der Waals surface area contributed by atoms with Crippen LogP contribution in [0, 0.1) is 0 Å². The van der Waals surface area contributed by atoms with Crippen LogP contribution in [-0.2, 0) is 4.79 Å². The highest BCUT2D eigenvalue weighted by Crippen LogP contribution is 2.19. The van der Waals surface area contributed by atoms with E-state index in [1.54, 1.807) is 0 Å². The third-order valence-corrected chi connectivity index (χ3v) is 3.57. The number of nitrogens with zero attached hydrogens (tertiary/aromatic N) is 1. The Morgan fingerprint density at radius 2 is 2.36 bits per heavy atom. The summed E-state index contributed by atoms with van der Waals surface area (Å²) in [7, 11) is 2.05. The molecule has 0 amide bonds. The molecule has 2 nitrogen and oxygen atoms in total. The fourth-order valence-electron chi connectivity index (χ4n) is 1.45. The predicted molar refractivity (Wildman–Crippen MR) is 54.1 cm³/mol. The van der Waals surface area contributed by atoms with Crippen LogP contribution in [0.3, 0.4) is 0 Å². The van der Waals surface area contributed by atoms with Gasteiger partial charge in [0.05, 0.1) is 6.04 Å². The van der Waals surface area contributed by atoms with Crippen LogP contribution in [0.1, 0.15) is 19.8 Å². The lowest BCUT2D eigenvalue weighted by molar-refractivity contribution is -0.126. The summed E-state index contributed by atoms with van der Waals surface area (Å²) in [5, 5.41) is 0. The maximum atomic E-state index is 11.2. The highest BCUT2D eigenvalue weighted by molar-refractivity contribution is 14.1. The van der Waals surface area contributed by atoms with Gasteiger partial charge in [-0.05, 0) is 20.4 Å². The van der Waals surface area contributed by atoms with E-state index in [0.717, 1.165) is 17.3 Å². The molecule has 2 atom stereocenters. The number of alkyl halides is 1. The standard InChI is InChI=1S/C8H14INO/c1-6-8(11)4-3-7(5-9)10(6)2/h6-7H,3-5H2,1-2H3/t6?,7-/m1/s1. The van der Waals surface area contributed by atoms with Crippen LogP contribution >= 0.6 is 22.6 Å². The number of halogens is 1. The van der Waals surface area contributed by atoms with E-state index in [1.807, 2.05) is 14.0 Å². The fourth-order valence-corrected chi connectivity index (χ4v) is 2.51. The second-order valence-electron chi connectivity index (χ2n) is 3.15. The van der Waals surface area contributed by atoms with Crippen molar-refractivity contribution in [2.45, 2.75) is 31.8 Å². The smallest absolute Gasteiger partial charge is 0.149 e. The van der Waals surface area contributed by atoms with E-state index in [0.29, 0.717) is 11.8 Å². The first-order valence-electron chi connectivity index (χ1n) is 3.97. The average molecular weight is 267 g/mol. The van der Waals surface area contributed by atoms with E-state index in [4.69, 9.17) is 0 Å². The Balaban J connectivity index is 2.59. The van der Waals surface area contributed by atoms with Crippen molar-refractivity contribution in [3.63, 3.8) is 0 Å². The van der Waals surface area contributed by atoms with Gasteiger partial charge in [0.1, 0.15) is 5.78 Å². The van der Waals surface area contributed by atoms with Gasteiger partial charge in [-0.2, -0.15) is 0 Å². The van der Waals surface area contributed by atoms with Crippen molar-refractivity contribution < 1.29 is 4.79 Å². The van der Waals surface area contributed by atoms with Crippen LogP contribution in [0.15, 0.2) is 0 Å². The molecule has 1 aliphatic heterocycles. The van der Waals surface area contributed by atoms with Gasteiger partial charge in [-0.25, -0.2) is 0 Å². The number of carbonyl (C=O) groups is 1. The molecule has 0 N–H and O–H groups in total. The van der Waals surface area contributed by atoms with Crippen LogP contribution in [0.5, 0.6) is 0 Å². The third kappa shape index (κ3) is 1.93. The monoisotopic (exact) mass is 267 g/mol. The van der Waals surface area contributed by atoms with Gasteiger partial charge >= 0.3 is 0 Å². The summed E-state index contributed by atoms with van der Waals surface area (Å²) in [6, 6.07) is 0.756. The molecule has 0 aromatic carbocycles. The second-order valence-corrected chi connectivity index (χ2v) is 4.04. The van der Waals surface area contributed by atoms with Gasteiger partial charge in [-0.15, -0.1) is 0 Å². The van der Waals surface area contributed by atoms with E-state index >= 15 is 0 Å². The molecular weight excluding hydrogens is 253 g/mol. The van der Waals surface area contributed by atoms with Gasteiger partial charge in [0, 0.05) is 16.9 Å². The molecule has 1 rings (SSSR count). The van der Waals surface area contributed by atoms with Crippen LogP contribution in [0.4, 0.5) is 0 Å². The Kier molecular flexibility index (Phi) is 3.30. The summed E-state index contributed by atoms with van der Waals surface area (Å²) in [5.74, 6) is 0.397. The average Bonchev–Trinajstić information content (AvgIpc) is 2.01. The lowest BCUT2D eigenvalue weighted by atomic mass is 9.97. The quantitative estimate of drug-likeness (QED) is 0.529. The lowest BCUT2D eigenvalue weighted by Gasteiger charge is -2.35. The number of rotatable bonds is 1. The highest BCUT2D eigenvalue weighted by Gasteiger charge is 2.29. The summed E-state index contributed by atoms with van der Waals surface area (Å²) in [4.78, 5) is 13.4. The molecule has 64 valence electrons. The number of carbonyl (C=O) groups excluding carboxylic acids is 1. The predicted octanol–water partition coefficient (Wildman–Crippen LogP) is 1.47. The molecule has 1 fully saturated rings. The van der Waals surface area contributed by atoms with Crippen LogP contribution in [0.2, 0.25) is 0 Å². The number of hydrogen-bond acceptors (Lipinski definition) is 2. The Hall–Kier alpha value is 0.360. The number of piperidine rings is 1. The summed E-state index contributed by atoms with van der Waals surface area (Å²) >= 11 is 2.39. The van der Waals surface area contributed by atoms with Crippen LogP contribution < -0.4 is 0 Å². The normalized spacial score (nSPS) is 34.3. The zero-order valence-corrected chi connectivity index (χ0v) is 9.17. The molecule has 0 aliphatic carbocycles. The molecule has 1 saturated heterocycles. The number of likely N-dealkylation sites (N-methyl/N-ethyl adjacent to an activating group) is 1. The van der Waals surface area contributed by atoms with Gasteiger partial charge in [-0.1, -0.05) is 22.6 Å². The number of hydrogen-bond donors (Lipinski definition) is 0. The molecule has 3 heteroatoms. The molecule has 0 aromatic rings. The molecular formula is C8H14INO. The highest BCUT2D eigenvalue weighted by atomic mass is 127. The maximum Gasteiger partial charge on any atom is 0.149 e. The van der Waals surface area contributed by atoms with E-state index in [9.17, 15) is 4.79 Å². The summed E-state index contributed by atoms with van der Waals surface area (Å²) in [6.45, 7) is 2.00. The van der Waals surface area contributed by atoms with Crippen LogP contribution in [-0.4, -0.2) is 34.2 Å². The first-order valence-corrected chi connectivity index (χ1v) is 5.50. The summed E-state index contributed by atoms with van der Waals surface area (Å²) in [6.07, 6.45) is 1.82. The van der Waals surface area contributed by atoms with Gasteiger partial charge < -0.3 is 0 Å². The fraction of sp³-hybridized carbons (Fsp3) is 0.875. The zero-order valence-electron chi connectivity index (χ0n) is 7.01. The molecule has 0 aromatic heterocycles. The van der Waals surface area contributed by atoms with Crippen molar-refractivity contribution in [3.8, 4) is 0 Å². The van der Waals surface area contributed by atoms with Crippen molar-refractivity contribution in [1.29, 1.82) is 0 Å². The van der Waals surface area contributed by atoms with Crippen molar-refractivity contribution in [3.05, 3.63) is 0 Å². The molecule has 0 spiro atoms. The van der Waals surface area contributed by atoms with Crippen molar-refractivity contribution in [2.75, 3.05) is 11.5 Å². The van der Waals surface area contributed by atoms with E-state index < -0.39 is 0 Å². The van der Waals surface area contributed by atoms with E-state index in [-0.39, 0.29) is 6.04 Å². The molecule has 0 radical (unpaired) electrons. The summed E-state index contributed by atoms with van der Waals surface area (Å²) < 4.78 is 1.13. The molecule has 1 aliphatic rings. The van der Waals surface area contributed by atoms with E-state index in [1.165, 1.54) is 0 Å². The van der Waals surface area contributed by atoms with Crippen LogP contribution in [0.25, 0.3) is 0 Å². The topological polar surface area (TPSA) is 20.3 Å². The first kappa shape index (κ1) is 9.45. The van der Waals surface area contributed by atoms with Crippen molar-refractivity contribution >= 4 is 28.4 Å². The molecule has 0 saturated carbocycles. The number of likely N-dealkylation sites (tertiary alicyclic amines) is 1. The largest absolute Gasteiger partial charge is 0.298 e. The molecule has 11 heavy (non-hydrogen) atoms. The van der Waals surface area contributed by atoms with Crippen molar-refractivity contribution in [1.82, 2.24) is 4.90 Å². The lowest BCUT2D eigenvalue weighted by Crippen LogP contribution is -2.48. The first-order chi connectivity index (χ1) is 5.16. The Labute approximate surface area is 81.5 Å². The minimum absolute atomic E-state index is 0.142. The van der Waals surface area contributed by atoms with Gasteiger partial charge in [-0.3, -0.25) is 9.69 Å². The van der Waals surface area contributed by atoms with E-state index in [2.05, 4.69) is 27.5 Å². The minimum Gasteiger partial charge on any atom is -0.298 e. The SMILES string of the molecule is CC1C(=O)CC[C@H](CI)N1C. The molecule has 1 heterocycles. The van der Waals surface area contributed by atoms with Gasteiger partial charge in [0.2, 0.25) is 0 Å². The zero-order chi connectivity index (χ0) is 8.43. The minimum atomic E-state index is 0.142. The second kappa shape index (κ2) is 3.85. The van der Waals surface area contributed by atoms with Gasteiger partial charge in [0.15, 0.2) is 0 Å². The maximum absolute atomic E-state index is 11.2. The molecule has 0 bridgehead atoms. The third-order valence-electron chi connectivity index (χ3n) is 2.55. The van der Waals surface area contributed by atoms with Crippen molar-refractivity contribution in [2.24, 2.45) is 0 Å².